The third-order valence-electron chi connectivity index (χ3n) is 3.02. The fourth-order valence-electron chi connectivity index (χ4n) is 1.95. The topological polar surface area (TPSA) is 113 Å². The average Bonchev–Trinajstić information content (AvgIpc) is 2.70. The van der Waals surface area contributed by atoms with Crippen LogP contribution in [0.15, 0.2) is 18.2 Å². The summed E-state index contributed by atoms with van der Waals surface area (Å²) in [5.41, 5.74) is 0.594. The smallest absolute Gasteiger partial charge is 0.339 e. The third kappa shape index (κ3) is 2.83. The van der Waals surface area contributed by atoms with Gasteiger partial charge in [-0.05, 0) is 24.1 Å². The molecule has 0 radical (unpaired) electrons. The molecule has 0 aromatic heterocycles. The Bertz CT molecular complexity index is 640. The number of imide groups is 2. The Morgan fingerprint density at radius 3 is 2.57 bits per heavy atom. The lowest BCUT2D eigenvalue weighted by Crippen LogP contribution is -2.32. The number of ether oxygens (including phenoxy) is 1. The molecule has 110 valence electrons. The fraction of sp³-hybridized carbons (Fsp3) is 0.231. The minimum Gasteiger partial charge on any atom is -0.496 e. The lowest BCUT2D eigenvalue weighted by molar-refractivity contribution is -0.140. The van der Waals surface area contributed by atoms with E-state index in [0.29, 0.717) is 5.56 Å². The van der Waals surface area contributed by atoms with Crippen molar-refractivity contribution in [2.45, 2.75) is 6.42 Å². The van der Waals surface area contributed by atoms with Gasteiger partial charge in [0.1, 0.15) is 11.3 Å². The van der Waals surface area contributed by atoms with Crippen LogP contribution in [-0.4, -0.2) is 47.5 Å². The molecule has 0 unspecified atom stereocenters. The van der Waals surface area contributed by atoms with Crippen LogP contribution >= 0.6 is 0 Å². The van der Waals surface area contributed by atoms with Crippen molar-refractivity contribution in [1.82, 2.24) is 10.2 Å². The molecule has 1 aromatic rings. The van der Waals surface area contributed by atoms with Crippen molar-refractivity contribution in [2.75, 3.05) is 13.7 Å². The van der Waals surface area contributed by atoms with Gasteiger partial charge in [0.2, 0.25) is 0 Å². The van der Waals surface area contributed by atoms with Crippen molar-refractivity contribution in [3.05, 3.63) is 29.3 Å². The van der Waals surface area contributed by atoms with Gasteiger partial charge in [0.15, 0.2) is 0 Å². The number of urea groups is 1. The summed E-state index contributed by atoms with van der Waals surface area (Å²) in [5, 5.41) is 11.0. The molecule has 1 fully saturated rings. The zero-order valence-electron chi connectivity index (χ0n) is 11.1. The Hall–Kier alpha value is -2.90. The summed E-state index contributed by atoms with van der Waals surface area (Å²) < 4.78 is 4.93. The average molecular weight is 292 g/mol. The minimum atomic E-state index is -1.14. The number of rotatable bonds is 5. The van der Waals surface area contributed by atoms with Gasteiger partial charge in [0.05, 0.1) is 7.11 Å². The number of nitrogens with zero attached hydrogens (tertiary/aromatic N) is 1. The van der Waals surface area contributed by atoms with E-state index in [-0.39, 0.29) is 24.3 Å². The summed E-state index contributed by atoms with van der Waals surface area (Å²) in [6.07, 6.45) is 0.233. The van der Waals surface area contributed by atoms with Crippen LogP contribution in [0.4, 0.5) is 4.79 Å². The molecule has 0 aliphatic carbocycles. The molecular weight excluding hydrogens is 280 g/mol. The van der Waals surface area contributed by atoms with E-state index in [1.165, 1.54) is 19.2 Å². The standard InChI is InChI=1S/C13H12N2O6/c1-21-9-3-2-7(6-8(9)12(18)19)4-5-15-11(17)10(16)14-13(15)20/h2-3,6H,4-5H2,1H3,(H,18,19)(H,14,16,20). The van der Waals surface area contributed by atoms with Gasteiger partial charge in [0.25, 0.3) is 0 Å². The highest BCUT2D eigenvalue weighted by molar-refractivity contribution is 6.44. The van der Waals surface area contributed by atoms with E-state index in [4.69, 9.17) is 9.84 Å². The normalized spacial score (nSPS) is 14.3. The number of methoxy groups -OCH3 is 1. The van der Waals surface area contributed by atoms with Crippen molar-refractivity contribution < 1.29 is 29.0 Å². The molecule has 1 aliphatic heterocycles. The maximum atomic E-state index is 11.4. The molecule has 2 rings (SSSR count). The molecule has 8 nitrogen and oxygen atoms in total. The van der Waals surface area contributed by atoms with Gasteiger partial charge in [-0.25, -0.2) is 9.59 Å². The highest BCUT2D eigenvalue weighted by Gasteiger charge is 2.36. The van der Waals surface area contributed by atoms with Crippen LogP contribution in [0.2, 0.25) is 0 Å². The number of aromatic carboxylic acids is 1. The summed E-state index contributed by atoms with van der Waals surface area (Å²) in [6.45, 7) is -0.0121. The van der Waals surface area contributed by atoms with Gasteiger partial charge in [-0.15, -0.1) is 0 Å². The number of carboxylic acids is 1. The second-order valence-corrected chi connectivity index (χ2v) is 4.31. The number of nitrogens with one attached hydrogen (secondary N) is 1. The minimum absolute atomic E-state index is 0.0109. The number of carboxylic acid groups (broad SMARTS) is 1. The maximum Gasteiger partial charge on any atom is 0.339 e. The molecule has 1 saturated heterocycles. The Labute approximate surface area is 119 Å². The first-order valence-electron chi connectivity index (χ1n) is 6.01. The van der Waals surface area contributed by atoms with Gasteiger partial charge in [-0.1, -0.05) is 6.07 Å². The monoisotopic (exact) mass is 292 g/mol. The second-order valence-electron chi connectivity index (χ2n) is 4.31. The predicted molar refractivity (Wildman–Crippen MR) is 68.9 cm³/mol. The van der Waals surface area contributed by atoms with Gasteiger partial charge in [-0.2, -0.15) is 0 Å². The summed E-state index contributed by atoms with van der Waals surface area (Å²) in [5.74, 6) is -2.79. The number of benzene rings is 1. The van der Waals surface area contributed by atoms with Gasteiger partial charge >= 0.3 is 23.8 Å². The largest absolute Gasteiger partial charge is 0.496 e. The lowest BCUT2D eigenvalue weighted by Gasteiger charge is -2.12. The SMILES string of the molecule is COc1ccc(CCN2C(=O)NC(=O)C2=O)cc1C(=O)O. The van der Waals surface area contributed by atoms with E-state index in [9.17, 15) is 19.2 Å². The van der Waals surface area contributed by atoms with Gasteiger partial charge < -0.3 is 9.84 Å². The first-order chi connectivity index (χ1) is 9.93. The van der Waals surface area contributed by atoms with Gasteiger partial charge in [-0.3, -0.25) is 19.8 Å². The van der Waals surface area contributed by atoms with E-state index in [1.54, 1.807) is 6.07 Å². The van der Waals surface area contributed by atoms with E-state index < -0.39 is 23.8 Å². The molecule has 0 saturated carbocycles. The van der Waals surface area contributed by atoms with E-state index in [1.807, 2.05) is 5.32 Å². The second kappa shape index (κ2) is 5.61. The van der Waals surface area contributed by atoms with Crippen LogP contribution in [0.3, 0.4) is 0 Å². The van der Waals surface area contributed by atoms with Crippen molar-refractivity contribution in [1.29, 1.82) is 0 Å². The molecule has 0 spiro atoms. The summed E-state index contributed by atoms with van der Waals surface area (Å²) >= 11 is 0. The Morgan fingerprint density at radius 2 is 2.05 bits per heavy atom. The molecule has 8 heteroatoms. The first kappa shape index (κ1) is 14.5. The van der Waals surface area contributed by atoms with Gasteiger partial charge in [0, 0.05) is 6.54 Å². The Morgan fingerprint density at radius 1 is 1.33 bits per heavy atom. The van der Waals surface area contributed by atoms with Crippen LogP contribution < -0.4 is 10.1 Å². The van der Waals surface area contributed by atoms with Crippen molar-refractivity contribution in [2.24, 2.45) is 0 Å². The summed E-state index contributed by atoms with van der Waals surface area (Å²) in [4.78, 5) is 45.6. The molecule has 21 heavy (non-hydrogen) atoms. The molecule has 1 heterocycles. The number of hydrogen-bond donors (Lipinski definition) is 2. The fourth-order valence-corrected chi connectivity index (χ4v) is 1.95. The van der Waals surface area contributed by atoms with Crippen LogP contribution in [0.5, 0.6) is 5.75 Å². The number of carbonyl (C=O) groups is 4. The van der Waals surface area contributed by atoms with E-state index in [2.05, 4.69) is 0 Å². The molecule has 0 atom stereocenters. The molecular formula is C13H12N2O6. The van der Waals surface area contributed by atoms with Crippen LogP contribution in [-0.2, 0) is 16.0 Å². The highest BCUT2D eigenvalue weighted by atomic mass is 16.5. The zero-order chi connectivity index (χ0) is 15.6. The van der Waals surface area contributed by atoms with Crippen molar-refractivity contribution >= 4 is 23.8 Å². The van der Waals surface area contributed by atoms with Crippen LogP contribution in [0.25, 0.3) is 0 Å². The third-order valence-corrected chi connectivity index (χ3v) is 3.02. The van der Waals surface area contributed by atoms with Crippen LogP contribution in [0, 0.1) is 0 Å². The predicted octanol–water partition coefficient (Wildman–Crippen LogP) is 0.0143. The van der Waals surface area contributed by atoms with Crippen LogP contribution in [0.1, 0.15) is 15.9 Å². The lowest BCUT2D eigenvalue weighted by atomic mass is 10.1. The zero-order valence-corrected chi connectivity index (χ0v) is 11.1. The quantitative estimate of drug-likeness (QED) is 0.584. The Kier molecular flexibility index (Phi) is 3.88. The number of amides is 4. The van der Waals surface area contributed by atoms with E-state index >= 15 is 0 Å². The molecule has 4 amide bonds. The Balaban J connectivity index is 2.12. The van der Waals surface area contributed by atoms with Crippen molar-refractivity contribution in [3.63, 3.8) is 0 Å². The summed E-state index contributed by atoms with van der Waals surface area (Å²) in [7, 11) is 1.36. The molecule has 1 aromatic carbocycles. The van der Waals surface area contributed by atoms with Crippen molar-refractivity contribution in [3.8, 4) is 5.75 Å². The molecule has 1 aliphatic rings. The van der Waals surface area contributed by atoms with E-state index in [0.717, 1.165) is 4.90 Å². The number of carbonyl (C=O) groups excluding carboxylic acids is 3. The first-order valence-corrected chi connectivity index (χ1v) is 6.01. The molecule has 0 bridgehead atoms. The number of hydrogen-bond acceptors (Lipinski definition) is 5. The molecule has 2 N–H and O–H groups in total. The summed E-state index contributed by atoms with van der Waals surface area (Å²) in [6, 6.07) is 3.76. The highest BCUT2D eigenvalue weighted by Crippen LogP contribution is 2.20. The maximum absolute atomic E-state index is 11.4.